The minimum atomic E-state index is -6.72. The number of alkyl halides is 6. The first-order valence-corrected chi connectivity index (χ1v) is 13.6. The predicted octanol–water partition coefficient (Wildman–Crippen LogP) is 4.62. The molecule has 9 nitrogen and oxygen atoms in total. The van der Waals surface area contributed by atoms with Gasteiger partial charge < -0.3 is 15.6 Å². The van der Waals surface area contributed by atoms with Gasteiger partial charge in [0.15, 0.2) is 26.2 Å². The molecule has 0 aliphatic carbocycles. The number of nitrogens with zero attached hydrogens (tertiary/aromatic N) is 3. The standard InChI is InChI=1S/C21H20N2O2.C2F6NO4S2.H/c1-22(2)18-11-8-16(9-12-18)7-10-17-13-14-23(15-21(24)25)20-6-4-3-5-19(17)20;3-1(4,5)14(10,11)9-15(12,13)2(6,7)8;/h3-14H,15H2,1-2H3;;/q;2*-1/p+1/i;;1+1. The zero-order valence-electron chi connectivity index (χ0n) is 21.5. The van der Waals surface area contributed by atoms with Crippen LogP contribution in [0.5, 0.6) is 0 Å². The fraction of sp³-hybridized carbons (Fsp3) is 0.217. The Morgan fingerprint density at radius 2 is 1.43 bits per heavy atom. The Balaban J connectivity index is 0.000000456. The van der Waals surface area contributed by atoms with Gasteiger partial charge in [-0.1, -0.05) is 36.4 Å². The molecule has 0 atom stereocenters. The van der Waals surface area contributed by atoms with Gasteiger partial charge in [-0.3, -0.25) is 0 Å². The number of fused-ring (bicyclic) bond motifs is 1. The Labute approximate surface area is 226 Å². The Kier molecular flexibility index (Phi) is 9.93. The van der Waals surface area contributed by atoms with Gasteiger partial charge in [-0.05, 0) is 29.3 Å². The molecular weight excluding hydrogens is 592 g/mol. The average molecular weight is 616 g/mol. The molecule has 0 saturated heterocycles. The van der Waals surface area contributed by atoms with Gasteiger partial charge in [-0.25, -0.2) is 21.6 Å². The second kappa shape index (κ2) is 12.2. The number of sulfonamides is 2. The highest BCUT2D eigenvalue weighted by atomic mass is 32.3. The van der Waals surface area contributed by atoms with Crippen LogP contribution in [0.3, 0.4) is 0 Å². The monoisotopic (exact) mass is 615 g/mol. The molecule has 0 amide bonds. The van der Waals surface area contributed by atoms with Crippen LogP contribution in [0.15, 0.2) is 60.8 Å². The third kappa shape index (κ3) is 8.40. The van der Waals surface area contributed by atoms with Crippen LogP contribution >= 0.6 is 0 Å². The highest BCUT2D eigenvalue weighted by molar-refractivity contribution is 8.13. The van der Waals surface area contributed by atoms with Crippen LogP contribution in [0.4, 0.5) is 32.0 Å². The van der Waals surface area contributed by atoms with E-state index in [9.17, 15) is 48.0 Å². The van der Waals surface area contributed by atoms with Crippen molar-refractivity contribution in [2.24, 2.45) is 0 Å². The molecule has 17 heteroatoms. The van der Waals surface area contributed by atoms with Gasteiger partial charge >= 0.3 is 17.0 Å². The van der Waals surface area contributed by atoms with E-state index in [2.05, 4.69) is 41.3 Å². The SMILES string of the molecule is CN(C)c1ccc(/C=C/c2cc[n+](CC(=O)O)c3ccccc23)cc1.O=S(=O)([N-]S(=O)(=O)C(F)(F)F)C(F)(F)F.[2H-]. The normalized spacial score (nSPS) is 12.7. The van der Waals surface area contributed by atoms with Gasteiger partial charge in [-0.15, -0.1) is 0 Å². The van der Waals surface area contributed by atoms with Crippen molar-refractivity contribution in [1.82, 2.24) is 0 Å². The first-order valence-electron chi connectivity index (χ1n) is 10.7. The maximum atomic E-state index is 11.4. The molecule has 2 aromatic carbocycles. The maximum absolute atomic E-state index is 11.4. The van der Waals surface area contributed by atoms with E-state index in [0.29, 0.717) is 0 Å². The van der Waals surface area contributed by atoms with Crippen molar-refractivity contribution in [2.45, 2.75) is 17.6 Å². The van der Waals surface area contributed by atoms with E-state index >= 15 is 0 Å². The zero-order valence-corrected chi connectivity index (χ0v) is 22.2. The largest absolute Gasteiger partial charge is 1.00 e. The Morgan fingerprint density at radius 1 is 0.900 bits per heavy atom. The average Bonchev–Trinajstić information content (AvgIpc) is 2.82. The van der Waals surface area contributed by atoms with Crippen molar-refractivity contribution in [3.8, 4) is 0 Å². The Morgan fingerprint density at radius 3 is 1.90 bits per heavy atom. The third-order valence-electron chi connectivity index (χ3n) is 4.91. The van der Waals surface area contributed by atoms with E-state index < -0.39 is 37.0 Å². The van der Waals surface area contributed by atoms with Crippen molar-refractivity contribution >= 4 is 54.8 Å². The summed E-state index contributed by atoms with van der Waals surface area (Å²) in [4.78, 5) is 13.1. The van der Waals surface area contributed by atoms with Crippen LogP contribution in [-0.4, -0.2) is 53.0 Å². The maximum Gasteiger partial charge on any atom is 0.480 e. The van der Waals surface area contributed by atoms with Gasteiger partial charge in [0.1, 0.15) is 0 Å². The van der Waals surface area contributed by atoms with Crippen LogP contribution in [-0.2, 0) is 31.4 Å². The topological polar surface area (TPSA) is 127 Å². The molecule has 0 fully saturated rings. The smallest absolute Gasteiger partial charge is 0.480 e. The summed E-state index contributed by atoms with van der Waals surface area (Å²) in [6, 6.07) is 18.2. The first kappa shape index (κ1) is 32.5. The summed E-state index contributed by atoms with van der Waals surface area (Å²) in [6.07, 6.45) is 5.96. The molecule has 0 aliphatic heterocycles. The Bertz CT molecular complexity index is 1570. The fourth-order valence-electron chi connectivity index (χ4n) is 3.02. The molecule has 0 radical (unpaired) electrons. The number of anilines is 1. The lowest BCUT2D eigenvalue weighted by Gasteiger charge is -2.22. The van der Waals surface area contributed by atoms with Crippen LogP contribution < -0.4 is 9.47 Å². The third-order valence-corrected chi connectivity index (χ3v) is 7.65. The van der Waals surface area contributed by atoms with Crippen LogP contribution in [0.1, 0.15) is 12.6 Å². The molecule has 1 N–H and O–H groups in total. The number of aromatic nitrogens is 1. The number of hydrogen-bond donors (Lipinski definition) is 1. The predicted molar refractivity (Wildman–Crippen MR) is 136 cm³/mol. The summed E-state index contributed by atoms with van der Waals surface area (Å²) < 4.78 is 111. The molecule has 0 aliphatic rings. The minimum absolute atomic E-state index is 0. The van der Waals surface area contributed by atoms with E-state index in [1.807, 2.05) is 50.6 Å². The molecule has 220 valence electrons. The van der Waals surface area contributed by atoms with Crippen molar-refractivity contribution in [2.75, 3.05) is 19.0 Å². The van der Waals surface area contributed by atoms with Gasteiger partial charge in [0.2, 0.25) is 12.1 Å². The van der Waals surface area contributed by atoms with Crippen molar-refractivity contribution < 1.29 is 59.1 Å². The number of carboxylic acid groups (broad SMARTS) is 1. The molecule has 40 heavy (non-hydrogen) atoms. The van der Waals surface area contributed by atoms with Crippen molar-refractivity contribution in [1.29, 1.82) is 0 Å². The number of carboxylic acids is 1. The van der Waals surface area contributed by atoms with Crippen LogP contribution in [0.2, 0.25) is 0 Å². The number of para-hydroxylation sites is 1. The van der Waals surface area contributed by atoms with Crippen LogP contribution in [0, 0.1) is 0 Å². The zero-order chi connectivity index (χ0) is 30.5. The molecule has 3 rings (SSSR count). The van der Waals surface area contributed by atoms with Gasteiger partial charge in [0.25, 0.3) is 0 Å². The summed E-state index contributed by atoms with van der Waals surface area (Å²) >= 11 is 0. The van der Waals surface area contributed by atoms with Crippen LogP contribution in [0.25, 0.3) is 27.2 Å². The minimum Gasteiger partial charge on any atom is -1.00 e. The van der Waals surface area contributed by atoms with E-state index in [-0.39, 0.29) is 7.97 Å². The van der Waals surface area contributed by atoms with E-state index in [4.69, 9.17) is 5.11 Å². The Hall–Kier alpha value is -3.70. The number of aliphatic carboxylic acids is 1. The number of benzene rings is 2. The first-order chi connectivity index (χ1) is 18.2. The lowest BCUT2D eigenvalue weighted by atomic mass is 10.1. The summed E-state index contributed by atoms with van der Waals surface area (Å²) in [5.41, 5.74) is -8.14. The molecule has 0 spiro atoms. The highest BCUT2D eigenvalue weighted by Crippen LogP contribution is 2.36. The molecular formula is C23H22F6N3O6S2-. The lowest BCUT2D eigenvalue weighted by molar-refractivity contribution is -0.660. The van der Waals surface area contributed by atoms with Gasteiger partial charge in [0, 0.05) is 31.9 Å². The number of carbonyl (C=O) groups is 1. The molecule has 0 saturated carbocycles. The molecule has 3 aromatic rings. The van der Waals surface area contributed by atoms with Gasteiger partial charge in [-0.2, -0.15) is 30.9 Å². The highest BCUT2D eigenvalue weighted by Gasteiger charge is 2.46. The fourth-order valence-corrected chi connectivity index (χ4v) is 4.73. The van der Waals surface area contributed by atoms with Crippen molar-refractivity contribution in [3.05, 3.63) is 76.0 Å². The van der Waals surface area contributed by atoms with Gasteiger partial charge in [0.05, 0.1) is 5.39 Å². The quantitative estimate of drug-likeness (QED) is 0.304. The lowest BCUT2D eigenvalue weighted by Crippen LogP contribution is -2.38. The molecule has 1 aromatic heterocycles. The molecule has 0 bridgehead atoms. The van der Waals surface area contributed by atoms with Crippen molar-refractivity contribution in [3.63, 3.8) is 0 Å². The summed E-state index contributed by atoms with van der Waals surface area (Å²) in [6.45, 7) is -0.0451. The number of halogens is 6. The number of rotatable bonds is 7. The second-order valence-corrected chi connectivity index (χ2v) is 11.5. The second-order valence-electron chi connectivity index (χ2n) is 8.05. The summed E-state index contributed by atoms with van der Waals surface area (Å²) in [7, 11) is -9.40. The summed E-state index contributed by atoms with van der Waals surface area (Å²) in [5.74, 6) is -0.848. The molecule has 0 unspecified atom stereocenters. The number of pyridine rings is 1. The van der Waals surface area contributed by atoms with E-state index in [1.165, 1.54) is 0 Å². The van der Waals surface area contributed by atoms with E-state index in [0.717, 1.165) is 31.8 Å². The number of hydrogen-bond acceptors (Lipinski definition) is 6. The molecule has 1 heterocycles. The van der Waals surface area contributed by atoms with E-state index in [1.54, 1.807) is 4.57 Å². The summed E-state index contributed by atoms with van der Waals surface area (Å²) in [5, 5.41) is 10.1.